The Morgan fingerprint density at radius 1 is 0.800 bits per heavy atom. The highest BCUT2D eigenvalue weighted by molar-refractivity contribution is 5.72. The summed E-state index contributed by atoms with van der Waals surface area (Å²) in [5.74, 6) is 3.85. The van der Waals surface area contributed by atoms with E-state index in [0.717, 1.165) is 17.8 Å². The van der Waals surface area contributed by atoms with E-state index >= 15 is 0 Å². The van der Waals surface area contributed by atoms with Gasteiger partial charge in [-0.25, -0.2) is 0 Å². The Labute approximate surface area is 181 Å². The van der Waals surface area contributed by atoms with Gasteiger partial charge in [0.15, 0.2) is 0 Å². The first-order valence-corrected chi connectivity index (χ1v) is 12.4. The van der Waals surface area contributed by atoms with E-state index in [1.807, 2.05) is 0 Å². The van der Waals surface area contributed by atoms with Gasteiger partial charge in [-0.2, -0.15) is 0 Å². The summed E-state index contributed by atoms with van der Waals surface area (Å²) in [6, 6.07) is 21.0. The van der Waals surface area contributed by atoms with Crippen molar-refractivity contribution < 1.29 is 0 Å². The summed E-state index contributed by atoms with van der Waals surface area (Å²) in [6.45, 7) is 3.92. The molecule has 2 aromatic carbocycles. The maximum atomic E-state index is 2.89. The Morgan fingerprint density at radius 2 is 1.47 bits per heavy atom. The molecule has 8 rings (SSSR count). The molecule has 4 saturated carbocycles. The van der Waals surface area contributed by atoms with E-state index in [2.05, 4.69) is 64.4 Å². The monoisotopic (exact) mass is 398 g/mol. The molecule has 4 aliphatic carbocycles. The van der Waals surface area contributed by atoms with Crippen molar-refractivity contribution in [2.45, 2.75) is 56.9 Å². The number of para-hydroxylation sites is 2. The Morgan fingerprint density at radius 3 is 2.20 bits per heavy atom. The maximum Gasteiger partial charge on any atom is 0.0450 e. The molecule has 2 heterocycles. The average Bonchev–Trinajstić information content (AvgIpc) is 3.07. The van der Waals surface area contributed by atoms with Crippen LogP contribution in [0, 0.1) is 23.2 Å². The van der Waals surface area contributed by atoms with Gasteiger partial charge in [0.2, 0.25) is 0 Å². The number of hydrogen-bond acceptors (Lipinski definition) is 2. The molecule has 2 aromatic rings. The molecular formula is C28H34N2. The highest BCUT2D eigenvalue weighted by atomic mass is 15.2. The molecule has 0 N–H and O–H groups in total. The average molecular weight is 399 g/mol. The molecule has 0 spiro atoms. The van der Waals surface area contributed by atoms with Gasteiger partial charge in [0.1, 0.15) is 0 Å². The van der Waals surface area contributed by atoms with Crippen LogP contribution in [0.25, 0.3) is 0 Å². The van der Waals surface area contributed by atoms with Gasteiger partial charge in [0.25, 0.3) is 0 Å². The van der Waals surface area contributed by atoms with Gasteiger partial charge in [-0.05, 0) is 91.9 Å². The topological polar surface area (TPSA) is 6.48 Å². The number of nitrogens with zero attached hydrogens (tertiary/aromatic N) is 2. The largest absolute Gasteiger partial charge is 0.337 e. The van der Waals surface area contributed by atoms with E-state index in [4.69, 9.17) is 0 Å². The molecule has 0 amide bonds. The fraction of sp³-hybridized carbons (Fsp3) is 0.571. The van der Waals surface area contributed by atoms with Crippen molar-refractivity contribution in [3.05, 3.63) is 60.2 Å². The zero-order valence-electron chi connectivity index (χ0n) is 18.0. The lowest BCUT2D eigenvalue weighted by molar-refractivity contribution is -0.0721. The highest BCUT2D eigenvalue weighted by Gasteiger charge is 2.52. The van der Waals surface area contributed by atoms with Crippen molar-refractivity contribution >= 4 is 11.4 Å². The van der Waals surface area contributed by atoms with E-state index in [0.29, 0.717) is 17.4 Å². The van der Waals surface area contributed by atoms with Gasteiger partial charge in [-0.15, -0.1) is 0 Å². The molecule has 2 atom stereocenters. The molecule has 5 fully saturated rings. The number of hydrogen-bond donors (Lipinski definition) is 0. The summed E-state index contributed by atoms with van der Waals surface area (Å²) in [5.41, 5.74) is 5.07. The molecule has 2 nitrogen and oxygen atoms in total. The standard InChI is InChI=1S/C28H34N2/c1-2-6-23(7-3-1)30-26-9-5-4-8-24(26)25-18-29(11-10-27(25)30)19-28-15-20-12-21(16-28)14-22(13-20)17-28/h1-9,20-22,25,27H,10-19H2. The van der Waals surface area contributed by atoms with Crippen molar-refractivity contribution in [2.75, 3.05) is 24.5 Å². The third-order valence-electron chi connectivity index (χ3n) is 9.35. The van der Waals surface area contributed by atoms with Crippen molar-refractivity contribution in [3.63, 3.8) is 0 Å². The summed E-state index contributed by atoms with van der Waals surface area (Å²) >= 11 is 0. The number of rotatable bonds is 3. The van der Waals surface area contributed by atoms with Crippen LogP contribution in [-0.2, 0) is 0 Å². The lowest BCUT2D eigenvalue weighted by atomic mass is 9.49. The van der Waals surface area contributed by atoms with Gasteiger partial charge in [0, 0.05) is 43.0 Å². The predicted molar refractivity (Wildman–Crippen MR) is 123 cm³/mol. The number of piperidine rings is 1. The molecule has 2 heteroatoms. The molecule has 6 aliphatic rings. The fourth-order valence-corrected chi connectivity index (χ4v) is 8.84. The Balaban J connectivity index is 1.16. The molecule has 4 bridgehead atoms. The van der Waals surface area contributed by atoms with Crippen LogP contribution in [0.3, 0.4) is 0 Å². The summed E-state index contributed by atoms with van der Waals surface area (Å²) < 4.78 is 0. The molecule has 156 valence electrons. The number of likely N-dealkylation sites (tertiary alicyclic amines) is 1. The minimum atomic E-state index is 0.623. The van der Waals surface area contributed by atoms with Gasteiger partial charge in [-0.3, -0.25) is 0 Å². The molecule has 2 aliphatic heterocycles. The smallest absolute Gasteiger partial charge is 0.0450 e. The molecule has 30 heavy (non-hydrogen) atoms. The summed E-state index contributed by atoms with van der Waals surface area (Å²) in [5, 5.41) is 0. The molecule has 0 aromatic heterocycles. The zero-order valence-corrected chi connectivity index (χ0v) is 18.0. The zero-order chi connectivity index (χ0) is 19.7. The summed E-state index contributed by atoms with van der Waals surface area (Å²) in [4.78, 5) is 5.54. The molecular weight excluding hydrogens is 364 g/mol. The first-order valence-electron chi connectivity index (χ1n) is 12.4. The van der Waals surface area contributed by atoms with Crippen molar-refractivity contribution in [1.29, 1.82) is 0 Å². The minimum Gasteiger partial charge on any atom is -0.337 e. The van der Waals surface area contributed by atoms with Crippen LogP contribution >= 0.6 is 0 Å². The number of fused-ring (bicyclic) bond motifs is 3. The van der Waals surface area contributed by atoms with Crippen LogP contribution in [0.4, 0.5) is 11.4 Å². The summed E-state index contributed by atoms with van der Waals surface area (Å²) in [7, 11) is 0. The second kappa shape index (κ2) is 6.60. The van der Waals surface area contributed by atoms with Crippen molar-refractivity contribution in [1.82, 2.24) is 4.90 Å². The van der Waals surface area contributed by atoms with E-state index in [-0.39, 0.29) is 0 Å². The van der Waals surface area contributed by atoms with Crippen LogP contribution in [0.2, 0.25) is 0 Å². The molecule has 0 radical (unpaired) electrons. The quantitative estimate of drug-likeness (QED) is 0.606. The number of benzene rings is 2. The van der Waals surface area contributed by atoms with E-state index in [9.17, 15) is 0 Å². The van der Waals surface area contributed by atoms with E-state index in [1.54, 1.807) is 24.8 Å². The van der Waals surface area contributed by atoms with Crippen LogP contribution in [0.5, 0.6) is 0 Å². The third kappa shape index (κ3) is 2.72. The normalized spacial score (nSPS) is 39.2. The highest BCUT2D eigenvalue weighted by Crippen LogP contribution is 2.60. The molecule has 1 saturated heterocycles. The SMILES string of the molecule is c1ccc(N2c3ccccc3C3CN(CC45CC6CC(CC(C6)C4)C5)CCC32)cc1. The van der Waals surface area contributed by atoms with E-state index < -0.39 is 0 Å². The van der Waals surface area contributed by atoms with Gasteiger partial charge < -0.3 is 9.80 Å². The first-order chi connectivity index (χ1) is 14.8. The fourth-order valence-electron chi connectivity index (χ4n) is 8.84. The first kappa shape index (κ1) is 17.8. The van der Waals surface area contributed by atoms with Crippen LogP contribution < -0.4 is 4.90 Å². The van der Waals surface area contributed by atoms with Gasteiger partial charge in [-0.1, -0.05) is 36.4 Å². The second-order valence-corrected chi connectivity index (χ2v) is 11.4. The predicted octanol–water partition coefficient (Wildman–Crippen LogP) is 6.21. The second-order valence-electron chi connectivity index (χ2n) is 11.4. The van der Waals surface area contributed by atoms with Crippen LogP contribution in [0.15, 0.2) is 54.6 Å². The Kier molecular flexibility index (Phi) is 3.92. The lowest BCUT2D eigenvalue weighted by Gasteiger charge is -2.58. The van der Waals surface area contributed by atoms with Crippen LogP contribution in [0.1, 0.15) is 56.4 Å². The van der Waals surface area contributed by atoms with Crippen molar-refractivity contribution in [2.24, 2.45) is 23.2 Å². The van der Waals surface area contributed by atoms with E-state index in [1.165, 1.54) is 56.7 Å². The van der Waals surface area contributed by atoms with Gasteiger partial charge in [0.05, 0.1) is 0 Å². The maximum absolute atomic E-state index is 2.89. The Hall–Kier alpha value is -1.80. The van der Waals surface area contributed by atoms with Gasteiger partial charge >= 0.3 is 0 Å². The summed E-state index contributed by atoms with van der Waals surface area (Å²) in [6.07, 6.45) is 10.6. The minimum absolute atomic E-state index is 0.623. The molecule has 2 unspecified atom stereocenters. The third-order valence-corrected chi connectivity index (χ3v) is 9.35. The van der Waals surface area contributed by atoms with Crippen molar-refractivity contribution in [3.8, 4) is 0 Å². The lowest BCUT2D eigenvalue weighted by Crippen LogP contribution is -2.54. The Bertz CT molecular complexity index is 899. The van der Waals surface area contributed by atoms with Crippen LogP contribution in [-0.4, -0.2) is 30.6 Å². The number of anilines is 2.